The van der Waals surface area contributed by atoms with Gasteiger partial charge in [-0.2, -0.15) is 0 Å². The van der Waals surface area contributed by atoms with Crippen molar-refractivity contribution in [2.75, 3.05) is 32.0 Å². The number of carboxylic acid groups (broad SMARTS) is 1. The molecule has 0 radical (unpaired) electrons. The van der Waals surface area contributed by atoms with Crippen molar-refractivity contribution in [2.45, 2.75) is 38.6 Å². The molecule has 2 N–H and O–H groups in total. The summed E-state index contributed by atoms with van der Waals surface area (Å²) in [6.07, 6.45) is 3.40. The van der Waals surface area contributed by atoms with Gasteiger partial charge in [-0.3, -0.25) is 19.3 Å². The second-order valence-corrected chi connectivity index (χ2v) is 8.08. The lowest BCUT2D eigenvalue weighted by atomic mass is 10.1. The van der Waals surface area contributed by atoms with E-state index in [-0.39, 0.29) is 30.3 Å². The number of likely N-dealkylation sites (tertiary alicyclic amines) is 1. The second kappa shape index (κ2) is 8.73. The molecule has 1 saturated heterocycles. The Morgan fingerprint density at radius 2 is 2.00 bits per heavy atom. The van der Waals surface area contributed by atoms with Crippen LogP contribution in [-0.2, 0) is 9.59 Å². The minimum Gasteiger partial charge on any atom is -0.480 e. The van der Waals surface area contributed by atoms with Crippen LogP contribution in [0.3, 0.4) is 0 Å². The van der Waals surface area contributed by atoms with E-state index in [0.717, 1.165) is 25.7 Å². The zero-order valence-electron chi connectivity index (χ0n) is 16.6. The largest absolute Gasteiger partial charge is 0.480 e. The van der Waals surface area contributed by atoms with Gasteiger partial charge in [0.15, 0.2) is 0 Å². The number of nitrogens with zero attached hydrogens (tertiary/aromatic N) is 2. The Morgan fingerprint density at radius 1 is 1.25 bits per heavy atom. The van der Waals surface area contributed by atoms with Crippen molar-refractivity contribution in [3.63, 3.8) is 0 Å². The van der Waals surface area contributed by atoms with Crippen LogP contribution < -0.4 is 5.32 Å². The number of rotatable bonds is 6. The Balaban J connectivity index is 1.60. The van der Waals surface area contributed by atoms with Crippen molar-refractivity contribution in [3.8, 4) is 0 Å². The number of aliphatic carboxylic acids is 1. The van der Waals surface area contributed by atoms with Crippen LogP contribution in [0.1, 0.15) is 43.0 Å². The fraction of sp³-hybridized carbons (Fsp3) is 0.571. The zero-order chi connectivity index (χ0) is 20.3. The van der Waals surface area contributed by atoms with Crippen molar-refractivity contribution in [3.05, 3.63) is 29.8 Å². The number of hydrogen-bond acceptors (Lipinski definition) is 4. The Bertz CT molecular complexity index is 751. The maximum Gasteiger partial charge on any atom is 0.317 e. The molecule has 7 heteroatoms. The van der Waals surface area contributed by atoms with Crippen LogP contribution in [0.25, 0.3) is 0 Å². The SMILES string of the molecule is CC1CC1C(=O)Nc1cccc(C(=O)N2CCCC(N(C)CC(=O)O)CC2)c1. The van der Waals surface area contributed by atoms with E-state index in [9.17, 15) is 14.4 Å². The Labute approximate surface area is 165 Å². The van der Waals surface area contributed by atoms with Gasteiger partial charge >= 0.3 is 5.97 Å². The number of likely N-dealkylation sites (N-methyl/N-ethyl adjacent to an activating group) is 1. The minimum absolute atomic E-state index is 0.0139. The lowest BCUT2D eigenvalue weighted by Crippen LogP contribution is -2.37. The second-order valence-electron chi connectivity index (χ2n) is 8.08. The molecule has 1 aliphatic heterocycles. The van der Waals surface area contributed by atoms with Crippen LogP contribution in [0, 0.1) is 11.8 Å². The molecule has 1 aromatic rings. The average Bonchev–Trinajstić information content (AvgIpc) is 3.42. The molecule has 28 heavy (non-hydrogen) atoms. The summed E-state index contributed by atoms with van der Waals surface area (Å²) in [6, 6.07) is 7.28. The third kappa shape index (κ3) is 5.10. The predicted molar refractivity (Wildman–Crippen MR) is 106 cm³/mol. The molecular weight excluding hydrogens is 358 g/mol. The van der Waals surface area contributed by atoms with E-state index < -0.39 is 5.97 Å². The van der Waals surface area contributed by atoms with Gasteiger partial charge < -0.3 is 15.3 Å². The number of amides is 2. The first-order valence-electron chi connectivity index (χ1n) is 9.97. The van der Waals surface area contributed by atoms with E-state index in [1.54, 1.807) is 24.3 Å². The van der Waals surface area contributed by atoms with E-state index in [1.807, 2.05) is 16.8 Å². The highest BCUT2D eigenvalue weighted by molar-refractivity contribution is 5.98. The summed E-state index contributed by atoms with van der Waals surface area (Å²) in [6.45, 7) is 3.33. The average molecular weight is 387 g/mol. The molecule has 2 amide bonds. The van der Waals surface area contributed by atoms with Crippen LogP contribution in [0.2, 0.25) is 0 Å². The number of nitrogens with one attached hydrogen (secondary N) is 1. The Kier molecular flexibility index (Phi) is 6.34. The molecule has 3 atom stereocenters. The first-order valence-corrected chi connectivity index (χ1v) is 9.97. The molecule has 3 rings (SSSR count). The van der Waals surface area contributed by atoms with E-state index in [0.29, 0.717) is 30.3 Å². The highest BCUT2D eigenvalue weighted by Gasteiger charge is 2.39. The fourth-order valence-corrected chi connectivity index (χ4v) is 3.90. The van der Waals surface area contributed by atoms with Crippen molar-refractivity contribution < 1.29 is 19.5 Å². The van der Waals surface area contributed by atoms with E-state index >= 15 is 0 Å². The van der Waals surface area contributed by atoms with Crippen molar-refractivity contribution in [1.82, 2.24) is 9.80 Å². The summed E-state index contributed by atoms with van der Waals surface area (Å²) in [4.78, 5) is 39.7. The van der Waals surface area contributed by atoms with Crippen molar-refractivity contribution in [1.29, 1.82) is 0 Å². The molecule has 7 nitrogen and oxygen atoms in total. The topological polar surface area (TPSA) is 90.0 Å². The molecule has 1 heterocycles. The van der Waals surface area contributed by atoms with Gasteiger partial charge in [0.25, 0.3) is 5.91 Å². The molecule has 0 aromatic heterocycles. The van der Waals surface area contributed by atoms with Gasteiger partial charge in [0.05, 0.1) is 6.54 Å². The molecule has 1 aromatic carbocycles. The normalized spacial score (nSPS) is 24.5. The van der Waals surface area contributed by atoms with Gasteiger partial charge in [-0.25, -0.2) is 0 Å². The molecule has 3 unspecified atom stereocenters. The molecule has 0 spiro atoms. The number of carboxylic acids is 1. The number of carbonyl (C=O) groups excluding carboxylic acids is 2. The van der Waals surface area contributed by atoms with E-state index in [2.05, 4.69) is 12.2 Å². The highest BCUT2D eigenvalue weighted by Crippen LogP contribution is 2.38. The number of hydrogen-bond donors (Lipinski definition) is 2. The smallest absolute Gasteiger partial charge is 0.317 e. The summed E-state index contributed by atoms with van der Waals surface area (Å²) in [5.74, 6) is -0.327. The molecule has 2 fully saturated rings. The van der Waals surface area contributed by atoms with Crippen LogP contribution in [0.5, 0.6) is 0 Å². The predicted octanol–water partition coefficient (Wildman–Crippen LogP) is 2.29. The van der Waals surface area contributed by atoms with Crippen LogP contribution in [0.15, 0.2) is 24.3 Å². The highest BCUT2D eigenvalue weighted by atomic mass is 16.4. The maximum atomic E-state index is 12.9. The summed E-state index contributed by atoms with van der Waals surface area (Å²) in [7, 11) is 1.82. The summed E-state index contributed by atoms with van der Waals surface area (Å²) in [5, 5.41) is 11.9. The summed E-state index contributed by atoms with van der Waals surface area (Å²) < 4.78 is 0. The zero-order valence-corrected chi connectivity index (χ0v) is 16.6. The third-order valence-electron chi connectivity index (χ3n) is 5.82. The van der Waals surface area contributed by atoms with E-state index in [4.69, 9.17) is 5.11 Å². The van der Waals surface area contributed by atoms with Gasteiger partial charge in [0.1, 0.15) is 0 Å². The first-order chi connectivity index (χ1) is 13.3. The summed E-state index contributed by atoms with van der Waals surface area (Å²) >= 11 is 0. The Morgan fingerprint density at radius 3 is 2.68 bits per heavy atom. The van der Waals surface area contributed by atoms with Gasteiger partial charge in [-0.15, -0.1) is 0 Å². The number of benzene rings is 1. The molecule has 1 aliphatic carbocycles. The van der Waals surface area contributed by atoms with Gasteiger partial charge in [-0.1, -0.05) is 13.0 Å². The quantitative estimate of drug-likeness (QED) is 0.782. The number of anilines is 1. The van der Waals surface area contributed by atoms with Gasteiger partial charge in [0, 0.05) is 36.3 Å². The minimum atomic E-state index is -0.834. The van der Waals surface area contributed by atoms with Gasteiger partial charge in [0.2, 0.25) is 5.91 Å². The summed E-state index contributed by atoms with van der Waals surface area (Å²) in [5.41, 5.74) is 1.22. The van der Waals surface area contributed by atoms with Gasteiger partial charge in [-0.05, 0) is 56.8 Å². The van der Waals surface area contributed by atoms with E-state index in [1.165, 1.54) is 0 Å². The fourth-order valence-electron chi connectivity index (χ4n) is 3.90. The standard InChI is InChI=1S/C21H29N3O4/c1-14-11-18(14)20(27)22-16-6-3-5-15(12-16)21(28)24-9-4-7-17(8-10-24)23(2)13-19(25)26/h3,5-6,12,14,17-18H,4,7-11,13H2,1-2H3,(H,22,27)(H,25,26). The lowest BCUT2D eigenvalue weighted by Gasteiger charge is -2.25. The van der Waals surface area contributed by atoms with Crippen molar-refractivity contribution >= 4 is 23.5 Å². The molecule has 0 bridgehead atoms. The maximum absolute atomic E-state index is 12.9. The Hall–Kier alpha value is -2.41. The molecular formula is C21H29N3O4. The van der Waals surface area contributed by atoms with Crippen LogP contribution in [0.4, 0.5) is 5.69 Å². The van der Waals surface area contributed by atoms with Crippen LogP contribution in [-0.4, -0.2) is 65.4 Å². The first kappa shape index (κ1) is 20.3. The monoisotopic (exact) mass is 387 g/mol. The third-order valence-corrected chi connectivity index (χ3v) is 5.82. The number of carbonyl (C=O) groups is 3. The lowest BCUT2D eigenvalue weighted by molar-refractivity contribution is -0.138. The molecule has 2 aliphatic rings. The van der Waals surface area contributed by atoms with Crippen LogP contribution >= 0.6 is 0 Å². The van der Waals surface area contributed by atoms with Crippen molar-refractivity contribution in [2.24, 2.45) is 11.8 Å². The molecule has 1 saturated carbocycles. The molecule has 152 valence electrons.